The summed E-state index contributed by atoms with van der Waals surface area (Å²) in [6.07, 6.45) is 0.534. The zero-order valence-electron chi connectivity index (χ0n) is 14.1. The third-order valence-electron chi connectivity index (χ3n) is 4.23. The minimum absolute atomic E-state index is 0.0539. The van der Waals surface area contributed by atoms with Crippen LogP contribution in [-0.2, 0) is 16.1 Å². The van der Waals surface area contributed by atoms with Crippen LogP contribution in [-0.4, -0.2) is 29.5 Å². The molecule has 0 saturated carbocycles. The van der Waals surface area contributed by atoms with Crippen molar-refractivity contribution in [1.29, 1.82) is 0 Å². The summed E-state index contributed by atoms with van der Waals surface area (Å²) in [7, 11) is 1.59. The summed E-state index contributed by atoms with van der Waals surface area (Å²) in [6, 6.07) is 10.7. The van der Waals surface area contributed by atoms with Crippen LogP contribution in [0.3, 0.4) is 0 Å². The first-order valence-electron chi connectivity index (χ1n) is 8.10. The van der Waals surface area contributed by atoms with Crippen LogP contribution >= 0.6 is 0 Å². The standard InChI is InChI=1S/C19H21NO4/c1-12(2)24-19(22)15-10-11-20-16(15)8-9-17(20)18(21)13-4-6-14(23-3)7-5-13/h4-9,12,15H,10-11H2,1-3H3. The topological polar surface area (TPSA) is 57.5 Å². The summed E-state index contributed by atoms with van der Waals surface area (Å²) in [5, 5.41) is 0. The maximum absolute atomic E-state index is 12.7. The molecule has 1 aromatic heterocycles. The Morgan fingerprint density at radius 3 is 2.46 bits per heavy atom. The highest BCUT2D eigenvalue weighted by atomic mass is 16.5. The van der Waals surface area contributed by atoms with Gasteiger partial charge < -0.3 is 14.0 Å². The van der Waals surface area contributed by atoms with Crippen molar-refractivity contribution in [2.45, 2.75) is 38.8 Å². The highest BCUT2D eigenvalue weighted by Gasteiger charge is 2.33. The van der Waals surface area contributed by atoms with Crippen LogP contribution in [0.4, 0.5) is 0 Å². The van der Waals surface area contributed by atoms with Gasteiger partial charge in [-0.1, -0.05) is 0 Å². The molecule has 126 valence electrons. The molecule has 1 aromatic carbocycles. The molecule has 0 N–H and O–H groups in total. The summed E-state index contributed by atoms with van der Waals surface area (Å²) in [5.74, 6) is 0.153. The lowest BCUT2D eigenvalue weighted by Gasteiger charge is -2.12. The van der Waals surface area contributed by atoms with Gasteiger partial charge in [0.25, 0.3) is 0 Å². The molecule has 1 unspecified atom stereocenters. The molecule has 5 heteroatoms. The molecule has 24 heavy (non-hydrogen) atoms. The summed E-state index contributed by atoms with van der Waals surface area (Å²) in [6.45, 7) is 4.33. The number of hydrogen-bond donors (Lipinski definition) is 0. The summed E-state index contributed by atoms with van der Waals surface area (Å²) >= 11 is 0. The number of rotatable bonds is 5. The first-order valence-corrected chi connectivity index (χ1v) is 8.10. The fraction of sp³-hybridized carbons (Fsp3) is 0.368. The fourth-order valence-electron chi connectivity index (χ4n) is 3.08. The Morgan fingerprint density at radius 2 is 1.83 bits per heavy atom. The van der Waals surface area contributed by atoms with Crippen molar-refractivity contribution in [1.82, 2.24) is 4.57 Å². The average molecular weight is 327 g/mol. The number of ether oxygens (including phenoxy) is 2. The number of esters is 1. The molecule has 0 bridgehead atoms. The van der Waals surface area contributed by atoms with E-state index in [1.54, 1.807) is 37.4 Å². The highest BCUT2D eigenvalue weighted by Crippen LogP contribution is 2.32. The van der Waals surface area contributed by atoms with Crippen LogP contribution in [0.15, 0.2) is 36.4 Å². The van der Waals surface area contributed by atoms with Gasteiger partial charge in [-0.3, -0.25) is 9.59 Å². The zero-order valence-corrected chi connectivity index (χ0v) is 14.1. The molecule has 2 heterocycles. The van der Waals surface area contributed by atoms with E-state index >= 15 is 0 Å². The summed E-state index contributed by atoms with van der Waals surface area (Å²) in [5.41, 5.74) is 2.07. The SMILES string of the molecule is COc1ccc(C(=O)c2ccc3n2CCC3C(=O)OC(C)C)cc1. The molecule has 2 aromatic rings. The van der Waals surface area contributed by atoms with Crippen molar-refractivity contribution < 1.29 is 19.1 Å². The molecule has 1 atom stereocenters. The molecular weight excluding hydrogens is 306 g/mol. The number of nitrogens with zero attached hydrogens (tertiary/aromatic N) is 1. The Balaban J connectivity index is 1.84. The van der Waals surface area contributed by atoms with E-state index in [1.165, 1.54) is 0 Å². The van der Waals surface area contributed by atoms with Crippen LogP contribution in [0.2, 0.25) is 0 Å². The minimum atomic E-state index is -0.287. The van der Waals surface area contributed by atoms with Gasteiger partial charge in [0.2, 0.25) is 5.78 Å². The lowest BCUT2D eigenvalue weighted by atomic mass is 10.1. The van der Waals surface area contributed by atoms with Crippen molar-refractivity contribution >= 4 is 11.8 Å². The van der Waals surface area contributed by atoms with Crippen LogP contribution < -0.4 is 4.74 Å². The quantitative estimate of drug-likeness (QED) is 0.625. The van der Waals surface area contributed by atoms with Crippen LogP contribution in [0.5, 0.6) is 5.75 Å². The van der Waals surface area contributed by atoms with E-state index in [0.29, 0.717) is 30.0 Å². The van der Waals surface area contributed by atoms with Gasteiger partial charge in [-0.05, 0) is 56.7 Å². The summed E-state index contributed by atoms with van der Waals surface area (Å²) < 4.78 is 12.4. The van der Waals surface area contributed by atoms with Crippen molar-refractivity contribution in [2.75, 3.05) is 7.11 Å². The monoisotopic (exact) mass is 327 g/mol. The Bertz CT molecular complexity index is 758. The predicted molar refractivity (Wildman–Crippen MR) is 89.4 cm³/mol. The van der Waals surface area contributed by atoms with Gasteiger partial charge in [0.1, 0.15) is 5.75 Å². The molecule has 1 aliphatic rings. The molecule has 0 amide bonds. The Labute approximate surface area is 141 Å². The predicted octanol–water partition coefficient (Wildman–Crippen LogP) is 3.17. The van der Waals surface area contributed by atoms with E-state index in [9.17, 15) is 9.59 Å². The number of fused-ring (bicyclic) bond motifs is 1. The lowest BCUT2D eigenvalue weighted by Crippen LogP contribution is -2.18. The number of carbonyl (C=O) groups excluding carboxylic acids is 2. The molecule has 0 spiro atoms. The van der Waals surface area contributed by atoms with E-state index < -0.39 is 0 Å². The summed E-state index contributed by atoms with van der Waals surface area (Å²) in [4.78, 5) is 24.9. The van der Waals surface area contributed by atoms with Crippen molar-refractivity contribution in [2.24, 2.45) is 0 Å². The van der Waals surface area contributed by atoms with E-state index in [2.05, 4.69) is 0 Å². The molecule has 1 aliphatic heterocycles. The Hall–Kier alpha value is -2.56. The van der Waals surface area contributed by atoms with Gasteiger partial charge in [0.05, 0.1) is 24.8 Å². The van der Waals surface area contributed by atoms with Crippen molar-refractivity contribution in [3.8, 4) is 5.75 Å². The van der Waals surface area contributed by atoms with Gasteiger partial charge in [0, 0.05) is 17.8 Å². The molecular formula is C19H21NO4. The second kappa shape index (κ2) is 6.51. The maximum Gasteiger partial charge on any atom is 0.315 e. The zero-order chi connectivity index (χ0) is 17.3. The fourth-order valence-corrected chi connectivity index (χ4v) is 3.08. The largest absolute Gasteiger partial charge is 0.497 e. The number of methoxy groups -OCH3 is 1. The second-order valence-electron chi connectivity index (χ2n) is 6.18. The normalized spacial score (nSPS) is 16.1. The first-order chi connectivity index (χ1) is 11.5. The molecule has 0 radical (unpaired) electrons. The number of carbonyl (C=O) groups is 2. The smallest absolute Gasteiger partial charge is 0.315 e. The van der Waals surface area contributed by atoms with Crippen LogP contribution in [0.1, 0.15) is 47.9 Å². The van der Waals surface area contributed by atoms with Gasteiger partial charge in [0.15, 0.2) is 0 Å². The van der Waals surface area contributed by atoms with Crippen LogP contribution in [0.25, 0.3) is 0 Å². The van der Waals surface area contributed by atoms with Gasteiger partial charge >= 0.3 is 5.97 Å². The molecule has 0 aliphatic carbocycles. The Morgan fingerprint density at radius 1 is 1.12 bits per heavy atom. The molecule has 3 rings (SSSR count). The van der Waals surface area contributed by atoms with Crippen molar-refractivity contribution in [3.05, 3.63) is 53.3 Å². The van der Waals surface area contributed by atoms with Crippen LogP contribution in [0, 0.1) is 0 Å². The first kappa shape index (κ1) is 16.3. The number of benzene rings is 1. The maximum atomic E-state index is 12.7. The minimum Gasteiger partial charge on any atom is -0.497 e. The second-order valence-corrected chi connectivity index (χ2v) is 6.18. The van der Waals surface area contributed by atoms with Crippen molar-refractivity contribution in [3.63, 3.8) is 0 Å². The van der Waals surface area contributed by atoms with Gasteiger partial charge in [-0.25, -0.2) is 0 Å². The average Bonchev–Trinajstić information content (AvgIpc) is 3.15. The molecule has 0 fully saturated rings. The lowest BCUT2D eigenvalue weighted by molar-refractivity contribution is -0.149. The third kappa shape index (κ3) is 2.94. The van der Waals surface area contributed by atoms with E-state index in [-0.39, 0.29) is 23.8 Å². The van der Waals surface area contributed by atoms with Gasteiger partial charge in [-0.2, -0.15) is 0 Å². The molecule has 0 saturated heterocycles. The Kier molecular flexibility index (Phi) is 4.42. The number of ketones is 1. The molecule has 5 nitrogen and oxygen atoms in total. The van der Waals surface area contributed by atoms with E-state index in [0.717, 1.165) is 5.69 Å². The highest BCUT2D eigenvalue weighted by molar-refractivity contribution is 6.08. The number of aromatic nitrogens is 1. The third-order valence-corrected chi connectivity index (χ3v) is 4.23. The van der Waals surface area contributed by atoms with E-state index in [4.69, 9.17) is 9.47 Å². The van der Waals surface area contributed by atoms with E-state index in [1.807, 2.05) is 24.5 Å². The van der Waals surface area contributed by atoms with Gasteiger partial charge in [-0.15, -0.1) is 0 Å². The number of hydrogen-bond acceptors (Lipinski definition) is 4.